The van der Waals surface area contributed by atoms with Crippen LogP contribution in [-0.4, -0.2) is 35.6 Å². The molecule has 0 aromatic heterocycles. The average Bonchev–Trinajstić information content (AvgIpc) is 2.39. The number of carbonyl (C=O) groups is 2. The van der Waals surface area contributed by atoms with Crippen LogP contribution < -0.4 is 10.6 Å². The molecule has 0 bridgehead atoms. The van der Waals surface area contributed by atoms with Crippen LogP contribution >= 0.6 is 0 Å². The summed E-state index contributed by atoms with van der Waals surface area (Å²) in [6.45, 7) is 2.99. The first-order chi connectivity index (χ1) is 9.08. The van der Waals surface area contributed by atoms with Crippen LogP contribution in [0.25, 0.3) is 0 Å². The van der Waals surface area contributed by atoms with Crippen LogP contribution in [0.3, 0.4) is 0 Å². The second-order valence-corrected chi connectivity index (χ2v) is 5.96. The van der Waals surface area contributed by atoms with Gasteiger partial charge in [-0.1, -0.05) is 13.3 Å². The van der Waals surface area contributed by atoms with E-state index in [1.54, 1.807) is 0 Å². The third-order valence-corrected chi connectivity index (χ3v) is 4.42. The van der Waals surface area contributed by atoms with E-state index in [2.05, 4.69) is 17.6 Å². The molecule has 5 nitrogen and oxygen atoms in total. The quantitative estimate of drug-likeness (QED) is 0.717. The first kappa shape index (κ1) is 14.3. The van der Waals surface area contributed by atoms with E-state index in [1.807, 2.05) is 0 Å². The highest BCUT2D eigenvalue weighted by molar-refractivity contribution is 5.82. The zero-order valence-electron chi connectivity index (χ0n) is 11.5. The van der Waals surface area contributed by atoms with Gasteiger partial charge < -0.3 is 15.7 Å². The SMILES string of the molecule is CC1CCCNC1C(=O)NC1CCCC(C(=O)O)C1. The molecule has 1 aliphatic heterocycles. The van der Waals surface area contributed by atoms with E-state index >= 15 is 0 Å². The van der Waals surface area contributed by atoms with E-state index < -0.39 is 5.97 Å². The monoisotopic (exact) mass is 268 g/mol. The van der Waals surface area contributed by atoms with Crippen molar-refractivity contribution in [2.45, 2.75) is 57.5 Å². The number of rotatable bonds is 3. The lowest BCUT2D eigenvalue weighted by molar-refractivity contribution is -0.143. The van der Waals surface area contributed by atoms with Gasteiger partial charge in [0.2, 0.25) is 5.91 Å². The summed E-state index contributed by atoms with van der Waals surface area (Å²) in [5.41, 5.74) is 0. The Bertz CT molecular complexity index is 346. The van der Waals surface area contributed by atoms with Gasteiger partial charge in [0.05, 0.1) is 12.0 Å². The molecule has 1 heterocycles. The van der Waals surface area contributed by atoms with E-state index in [-0.39, 0.29) is 23.9 Å². The minimum Gasteiger partial charge on any atom is -0.481 e. The Morgan fingerprint density at radius 2 is 2.00 bits per heavy atom. The number of carboxylic acid groups (broad SMARTS) is 1. The van der Waals surface area contributed by atoms with Gasteiger partial charge in [-0.15, -0.1) is 0 Å². The maximum absolute atomic E-state index is 12.2. The van der Waals surface area contributed by atoms with Gasteiger partial charge in [-0.05, 0) is 44.6 Å². The first-order valence-corrected chi connectivity index (χ1v) is 7.34. The van der Waals surface area contributed by atoms with Gasteiger partial charge in [0, 0.05) is 6.04 Å². The summed E-state index contributed by atoms with van der Waals surface area (Å²) < 4.78 is 0. The summed E-state index contributed by atoms with van der Waals surface area (Å²) in [6.07, 6.45) is 5.29. The summed E-state index contributed by atoms with van der Waals surface area (Å²) in [5.74, 6) is -0.630. The van der Waals surface area contributed by atoms with Crippen LogP contribution in [0.5, 0.6) is 0 Å². The number of piperidine rings is 1. The van der Waals surface area contributed by atoms with Crippen molar-refractivity contribution in [1.29, 1.82) is 0 Å². The minimum absolute atomic E-state index is 0.0262. The predicted molar refractivity (Wildman–Crippen MR) is 71.7 cm³/mol. The van der Waals surface area contributed by atoms with Gasteiger partial charge in [0.25, 0.3) is 0 Å². The fourth-order valence-corrected chi connectivity index (χ4v) is 3.24. The minimum atomic E-state index is -0.733. The Kier molecular flexibility index (Phi) is 4.80. The third kappa shape index (κ3) is 3.69. The smallest absolute Gasteiger partial charge is 0.306 e. The Morgan fingerprint density at radius 3 is 2.68 bits per heavy atom. The van der Waals surface area contributed by atoms with Crippen molar-refractivity contribution in [3.63, 3.8) is 0 Å². The largest absolute Gasteiger partial charge is 0.481 e. The van der Waals surface area contributed by atoms with Crippen molar-refractivity contribution in [3.8, 4) is 0 Å². The van der Waals surface area contributed by atoms with Crippen molar-refractivity contribution in [3.05, 3.63) is 0 Å². The van der Waals surface area contributed by atoms with Gasteiger partial charge in [0.15, 0.2) is 0 Å². The van der Waals surface area contributed by atoms with Crippen molar-refractivity contribution < 1.29 is 14.7 Å². The molecule has 2 rings (SSSR count). The van der Waals surface area contributed by atoms with Crippen molar-refractivity contribution >= 4 is 11.9 Å². The number of hydrogen-bond donors (Lipinski definition) is 3. The molecule has 3 N–H and O–H groups in total. The van der Waals surface area contributed by atoms with Gasteiger partial charge in [-0.25, -0.2) is 0 Å². The standard InChI is InChI=1S/C14H24N2O3/c1-9-4-3-7-15-12(9)13(17)16-11-6-2-5-10(8-11)14(18)19/h9-12,15H,2-8H2,1H3,(H,16,17)(H,18,19). The molecule has 2 aliphatic rings. The second kappa shape index (κ2) is 6.37. The summed E-state index contributed by atoms with van der Waals surface area (Å²) in [4.78, 5) is 23.2. The predicted octanol–water partition coefficient (Wildman–Crippen LogP) is 1.13. The molecule has 19 heavy (non-hydrogen) atoms. The van der Waals surface area contributed by atoms with Crippen LogP contribution in [0.4, 0.5) is 0 Å². The van der Waals surface area contributed by atoms with Gasteiger partial charge in [-0.2, -0.15) is 0 Å². The molecule has 5 heteroatoms. The average molecular weight is 268 g/mol. The van der Waals surface area contributed by atoms with E-state index in [0.717, 1.165) is 38.6 Å². The number of amides is 1. The van der Waals surface area contributed by atoms with Crippen molar-refractivity contribution in [2.24, 2.45) is 11.8 Å². The molecule has 0 spiro atoms. The van der Waals surface area contributed by atoms with Crippen LogP contribution in [-0.2, 0) is 9.59 Å². The molecule has 0 aromatic rings. The lowest BCUT2D eigenvalue weighted by Crippen LogP contribution is -2.53. The molecular weight excluding hydrogens is 244 g/mol. The number of hydrogen-bond acceptors (Lipinski definition) is 3. The van der Waals surface area contributed by atoms with E-state index in [0.29, 0.717) is 12.3 Å². The summed E-state index contributed by atoms with van der Waals surface area (Å²) in [5, 5.41) is 15.4. The van der Waals surface area contributed by atoms with Crippen LogP contribution in [0.1, 0.15) is 45.4 Å². The van der Waals surface area contributed by atoms with Crippen LogP contribution in [0.2, 0.25) is 0 Å². The van der Waals surface area contributed by atoms with Gasteiger partial charge >= 0.3 is 5.97 Å². The van der Waals surface area contributed by atoms with Crippen LogP contribution in [0, 0.1) is 11.8 Å². The number of carbonyl (C=O) groups excluding carboxylic acids is 1. The Morgan fingerprint density at radius 1 is 1.21 bits per heavy atom. The molecule has 108 valence electrons. The number of nitrogens with one attached hydrogen (secondary N) is 2. The summed E-state index contributed by atoms with van der Waals surface area (Å²) >= 11 is 0. The summed E-state index contributed by atoms with van der Waals surface area (Å²) in [7, 11) is 0. The first-order valence-electron chi connectivity index (χ1n) is 7.34. The Hall–Kier alpha value is -1.10. The molecule has 1 saturated heterocycles. The topological polar surface area (TPSA) is 78.4 Å². The van der Waals surface area contributed by atoms with E-state index in [1.165, 1.54) is 0 Å². The fraction of sp³-hybridized carbons (Fsp3) is 0.857. The Balaban J connectivity index is 1.86. The maximum Gasteiger partial charge on any atom is 0.306 e. The molecular formula is C14H24N2O3. The zero-order valence-corrected chi connectivity index (χ0v) is 11.5. The summed E-state index contributed by atoms with van der Waals surface area (Å²) in [6, 6.07) is -0.0859. The molecule has 4 atom stereocenters. The zero-order chi connectivity index (χ0) is 13.8. The second-order valence-electron chi connectivity index (χ2n) is 5.96. The fourth-order valence-electron chi connectivity index (χ4n) is 3.24. The van der Waals surface area contributed by atoms with E-state index in [9.17, 15) is 9.59 Å². The molecule has 0 radical (unpaired) electrons. The van der Waals surface area contributed by atoms with Crippen molar-refractivity contribution in [2.75, 3.05) is 6.54 Å². The highest BCUT2D eigenvalue weighted by Crippen LogP contribution is 2.25. The molecule has 4 unspecified atom stereocenters. The van der Waals surface area contributed by atoms with Gasteiger partial charge in [0.1, 0.15) is 0 Å². The molecule has 1 saturated carbocycles. The molecule has 2 fully saturated rings. The highest BCUT2D eigenvalue weighted by atomic mass is 16.4. The molecule has 1 aliphatic carbocycles. The lowest BCUT2D eigenvalue weighted by atomic mass is 9.85. The highest BCUT2D eigenvalue weighted by Gasteiger charge is 2.32. The number of carboxylic acids is 1. The molecule has 1 amide bonds. The maximum atomic E-state index is 12.2. The van der Waals surface area contributed by atoms with Gasteiger partial charge in [-0.3, -0.25) is 9.59 Å². The Labute approximate surface area is 114 Å². The normalized spacial score (nSPS) is 35.6. The third-order valence-electron chi connectivity index (χ3n) is 4.42. The van der Waals surface area contributed by atoms with Crippen molar-refractivity contribution in [1.82, 2.24) is 10.6 Å². The number of aliphatic carboxylic acids is 1. The molecule has 0 aromatic carbocycles. The van der Waals surface area contributed by atoms with Crippen LogP contribution in [0.15, 0.2) is 0 Å². The lowest BCUT2D eigenvalue weighted by Gasteiger charge is -2.33. The van der Waals surface area contributed by atoms with E-state index in [4.69, 9.17) is 5.11 Å².